The monoisotopic (exact) mass is 320 g/mol. The van der Waals surface area contributed by atoms with Gasteiger partial charge in [-0.3, -0.25) is 5.32 Å². The first kappa shape index (κ1) is 16.3. The van der Waals surface area contributed by atoms with Crippen LogP contribution in [0.3, 0.4) is 0 Å². The highest BCUT2D eigenvalue weighted by atomic mass is 32.1. The van der Waals surface area contributed by atoms with Crippen molar-refractivity contribution in [3.8, 4) is 5.75 Å². The minimum absolute atomic E-state index is 0.332. The van der Waals surface area contributed by atoms with Crippen LogP contribution >= 0.6 is 11.3 Å². The predicted octanol–water partition coefficient (Wildman–Crippen LogP) is 3.31. The van der Waals surface area contributed by atoms with E-state index >= 15 is 0 Å². The number of aliphatic hydroxyl groups is 1. The Balaban J connectivity index is 1.92. The quantitative estimate of drug-likeness (QED) is 0.791. The maximum Gasteiger partial charge on any atom is 0.320 e. The molecule has 0 saturated carbocycles. The van der Waals surface area contributed by atoms with Gasteiger partial charge in [-0.2, -0.15) is 0 Å². The van der Waals surface area contributed by atoms with Gasteiger partial charge in [0.2, 0.25) is 0 Å². The summed E-state index contributed by atoms with van der Waals surface area (Å²) in [7, 11) is 1.59. The van der Waals surface area contributed by atoms with Crippen molar-refractivity contribution < 1.29 is 14.6 Å². The number of anilines is 1. The fourth-order valence-electron chi connectivity index (χ4n) is 2.03. The standard InChI is InChI=1S/C16H20N2O3S/c1-10-4-9-14(22-10)18-16(20)17-11(2)15(19)12-5-7-13(21-3)8-6-12/h4-9,11,15,19H,1-3H3,(H2,17,18,20). The van der Waals surface area contributed by atoms with Gasteiger partial charge in [-0.1, -0.05) is 12.1 Å². The number of hydrogen-bond donors (Lipinski definition) is 3. The third-order valence-corrected chi connectivity index (χ3v) is 4.18. The molecule has 5 nitrogen and oxygen atoms in total. The number of amides is 2. The van der Waals surface area contributed by atoms with Gasteiger partial charge in [-0.15, -0.1) is 11.3 Å². The largest absolute Gasteiger partial charge is 0.497 e. The van der Waals surface area contributed by atoms with E-state index in [4.69, 9.17) is 4.74 Å². The van der Waals surface area contributed by atoms with E-state index in [0.717, 1.165) is 21.2 Å². The van der Waals surface area contributed by atoms with Gasteiger partial charge >= 0.3 is 6.03 Å². The molecule has 2 unspecified atom stereocenters. The first-order valence-corrected chi connectivity index (χ1v) is 7.77. The molecule has 0 bridgehead atoms. The van der Waals surface area contributed by atoms with E-state index in [1.54, 1.807) is 38.3 Å². The Labute approximate surface area is 133 Å². The number of benzene rings is 1. The van der Waals surface area contributed by atoms with Crippen LogP contribution < -0.4 is 15.4 Å². The van der Waals surface area contributed by atoms with E-state index in [1.165, 1.54) is 11.3 Å². The summed E-state index contributed by atoms with van der Waals surface area (Å²) in [6.45, 7) is 3.73. The number of thiophene rings is 1. The van der Waals surface area contributed by atoms with Gasteiger partial charge in [0.05, 0.1) is 24.3 Å². The van der Waals surface area contributed by atoms with E-state index in [-0.39, 0.29) is 6.03 Å². The van der Waals surface area contributed by atoms with Crippen LogP contribution in [0.5, 0.6) is 5.75 Å². The summed E-state index contributed by atoms with van der Waals surface area (Å²) < 4.78 is 5.08. The number of carbonyl (C=O) groups excluding carboxylic acids is 1. The minimum atomic E-state index is -0.790. The SMILES string of the molecule is COc1ccc(C(O)C(C)NC(=O)Nc2ccc(C)s2)cc1. The normalized spacial score (nSPS) is 13.3. The summed E-state index contributed by atoms with van der Waals surface area (Å²) in [5.74, 6) is 0.724. The maximum atomic E-state index is 11.9. The Kier molecular flexibility index (Phi) is 5.41. The maximum absolute atomic E-state index is 11.9. The Hall–Kier alpha value is -2.05. The third-order valence-electron chi connectivity index (χ3n) is 3.27. The van der Waals surface area contributed by atoms with E-state index in [1.807, 2.05) is 19.1 Å². The number of aryl methyl sites for hydroxylation is 1. The number of urea groups is 1. The van der Waals surface area contributed by atoms with Crippen LogP contribution in [0.4, 0.5) is 9.80 Å². The number of aliphatic hydroxyl groups excluding tert-OH is 1. The van der Waals surface area contributed by atoms with Crippen LogP contribution in [0.2, 0.25) is 0 Å². The second kappa shape index (κ2) is 7.29. The predicted molar refractivity (Wildman–Crippen MR) is 88.6 cm³/mol. The highest BCUT2D eigenvalue weighted by molar-refractivity contribution is 7.16. The zero-order valence-electron chi connectivity index (χ0n) is 12.8. The van der Waals surface area contributed by atoms with Crippen molar-refractivity contribution in [1.29, 1.82) is 0 Å². The molecule has 0 aliphatic carbocycles. The minimum Gasteiger partial charge on any atom is -0.497 e. The Morgan fingerprint density at radius 1 is 1.23 bits per heavy atom. The van der Waals surface area contributed by atoms with Gasteiger partial charge in [-0.05, 0) is 43.7 Å². The van der Waals surface area contributed by atoms with E-state index in [0.29, 0.717) is 0 Å². The molecule has 0 aliphatic rings. The molecule has 1 aromatic heterocycles. The molecule has 118 valence electrons. The molecule has 1 aromatic carbocycles. The summed E-state index contributed by atoms with van der Waals surface area (Å²) in [6, 6.07) is 10.2. The van der Waals surface area contributed by atoms with Crippen molar-refractivity contribution in [2.24, 2.45) is 0 Å². The molecule has 0 aliphatic heterocycles. The third kappa shape index (κ3) is 4.22. The summed E-state index contributed by atoms with van der Waals surface area (Å²) in [5.41, 5.74) is 0.723. The lowest BCUT2D eigenvalue weighted by molar-refractivity contribution is 0.139. The molecule has 2 rings (SSSR count). The molecule has 2 atom stereocenters. The van der Waals surface area contributed by atoms with Crippen molar-refractivity contribution in [2.45, 2.75) is 26.0 Å². The lowest BCUT2D eigenvalue weighted by Gasteiger charge is -2.20. The summed E-state index contributed by atoms with van der Waals surface area (Å²) in [6.07, 6.45) is -0.790. The molecule has 0 fully saturated rings. The van der Waals surface area contributed by atoms with Gasteiger partial charge in [0.25, 0.3) is 0 Å². The van der Waals surface area contributed by atoms with Crippen molar-refractivity contribution >= 4 is 22.4 Å². The van der Waals surface area contributed by atoms with Crippen LogP contribution in [0.15, 0.2) is 36.4 Å². The Morgan fingerprint density at radius 2 is 1.91 bits per heavy atom. The number of carbonyl (C=O) groups is 1. The average molecular weight is 320 g/mol. The number of rotatable bonds is 5. The highest BCUT2D eigenvalue weighted by Crippen LogP contribution is 2.22. The van der Waals surface area contributed by atoms with Crippen molar-refractivity contribution in [1.82, 2.24) is 5.32 Å². The lowest BCUT2D eigenvalue weighted by atomic mass is 10.0. The summed E-state index contributed by atoms with van der Waals surface area (Å²) >= 11 is 1.50. The lowest BCUT2D eigenvalue weighted by Crippen LogP contribution is -2.39. The smallest absolute Gasteiger partial charge is 0.320 e. The van der Waals surface area contributed by atoms with Gasteiger partial charge in [0, 0.05) is 4.88 Å². The van der Waals surface area contributed by atoms with Crippen molar-refractivity contribution in [2.75, 3.05) is 12.4 Å². The molecular weight excluding hydrogens is 300 g/mol. The van der Waals surface area contributed by atoms with Crippen LogP contribution in [0.1, 0.15) is 23.5 Å². The molecule has 0 spiro atoms. The second-order valence-corrected chi connectivity index (χ2v) is 6.30. The van der Waals surface area contributed by atoms with Crippen molar-refractivity contribution in [3.63, 3.8) is 0 Å². The highest BCUT2D eigenvalue weighted by Gasteiger charge is 2.18. The first-order chi connectivity index (χ1) is 10.5. The zero-order chi connectivity index (χ0) is 16.1. The van der Waals surface area contributed by atoms with Crippen LogP contribution in [-0.4, -0.2) is 24.3 Å². The molecule has 3 N–H and O–H groups in total. The Morgan fingerprint density at radius 3 is 2.45 bits per heavy atom. The van der Waals surface area contributed by atoms with Gasteiger partial charge < -0.3 is 15.2 Å². The zero-order valence-corrected chi connectivity index (χ0v) is 13.6. The number of ether oxygens (including phenoxy) is 1. The molecule has 1 heterocycles. The average Bonchev–Trinajstić information content (AvgIpc) is 2.91. The summed E-state index contributed by atoms with van der Waals surface area (Å²) in [5, 5.41) is 16.6. The second-order valence-electron chi connectivity index (χ2n) is 5.02. The molecule has 0 radical (unpaired) electrons. The number of hydrogen-bond acceptors (Lipinski definition) is 4. The fraction of sp³-hybridized carbons (Fsp3) is 0.312. The number of nitrogens with one attached hydrogen (secondary N) is 2. The van der Waals surface area contributed by atoms with E-state index in [9.17, 15) is 9.90 Å². The van der Waals surface area contributed by atoms with Crippen LogP contribution in [0.25, 0.3) is 0 Å². The van der Waals surface area contributed by atoms with Crippen LogP contribution in [-0.2, 0) is 0 Å². The summed E-state index contributed by atoms with van der Waals surface area (Å²) in [4.78, 5) is 13.0. The van der Waals surface area contributed by atoms with Crippen LogP contribution in [0, 0.1) is 6.92 Å². The molecule has 2 amide bonds. The Bertz CT molecular complexity index is 625. The van der Waals surface area contributed by atoms with Gasteiger partial charge in [0.15, 0.2) is 0 Å². The van der Waals surface area contributed by atoms with E-state index < -0.39 is 12.1 Å². The number of methoxy groups -OCH3 is 1. The van der Waals surface area contributed by atoms with Gasteiger partial charge in [-0.25, -0.2) is 4.79 Å². The molecule has 2 aromatic rings. The fourth-order valence-corrected chi connectivity index (χ4v) is 2.79. The molecule has 22 heavy (non-hydrogen) atoms. The molecular formula is C16H20N2O3S. The molecule has 0 saturated heterocycles. The first-order valence-electron chi connectivity index (χ1n) is 6.95. The van der Waals surface area contributed by atoms with Crippen molar-refractivity contribution in [3.05, 3.63) is 46.8 Å². The van der Waals surface area contributed by atoms with Gasteiger partial charge in [0.1, 0.15) is 5.75 Å². The topological polar surface area (TPSA) is 70.6 Å². The van der Waals surface area contributed by atoms with E-state index in [2.05, 4.69) is 10.6 Å². The molecule has 6 heteroatoms.